The molecule has 6 nitrogen and oxygen atoms in total. The van der Waals surface area contributed by atoms with E-state index in [9.17, 15) is 13.2 Å². The molecule has 0 saturated heterocycles. The van der Waals surface area contributed by atoms with E-state index in [1.807, 2.05) is 11.6 Å². The maximum absolute atomic E-state index is 12.4. The largest absolute Gasteiger partial charge is 0.333 e. The fraction of sp³-hybridized carbons (Fsp3) is 0.111. The normalized spacial score (nSPS) is 11.3. The lowest BCUT2D eigenvalue weighted by Gasteiger charge is -2.05. The molecule has 0 radical (unpaired) electrons. The minimum Gasteiger partial charge on any atom is -0.333 e. The standard InChI is InChI=1S/C18H16ClN3O3S/c1-12-7-9-13(10-8-12)26(24,25)21-18(23)16-11-22(2)17(20-16)14-5-3-4-6-15(14)19/h3-11H,1-2H3,(H,21,23). The van der Waals surface area contributed by atoms with Crippen molar-refractivity contribution >= 4 is 27.5 Å². The van der Waals surface area contributed by atoms with Gasteiger partial charge in [-0.1, -0.05) is 41.4 Å². The SMILES string of the molecule is Cc1ccc(S(=O)(=O)NC(=O)c2cn(C)c(-c3ccccc3Cl)n2)cc1. The Morgan fingerprint density at radius 1 is 1.12 bits per heavy atom. The number of nitrogens with one attached hydrogen (secondary N) is 1. The molecule has 26 heavy (non-hydrogen) atoms. The van der Waals surface area contributed by atoms with E-state index in [1.54, 1.807) is 48.0 Å². The van der Waals surface area contributed by atoms with Crippen LogP contribution in [0.15, 0.2) is 59.6 Å². The van der Waals surface area contributed by atoms with Crippen molar-refractivity contribution in [1.29, 1.82) is 0 Å². The number of rotatable bonds is 4. The van der Waals surface area contributed by atoms with Crippen molar-refractivity contribution in [2.75, 3.05) is 0 Å². The first-order chi connectivity index (χ1) is 12.3. The van der Waals surface area contributed by atoms with Gasteiger partial charge in [0, 0.05) is 18.8 Å². The summed E-state index contributed by atoms with van der Waals surface area (Å²) >= 11 is 6.17. The minimum absolute atomic E-state index is 0.0127. The van der Waals surface area contributed by atoms with Crippen molar-refractivity contribution in [3.8, 4) is 11.4 Å². The highest BCUT2D eigenvalue weighted by molar-refractivity contribution is 7.90. The molecule has 0 aliphatic carbocycles. The molecule has 0 aliphatic heterocycles. The number of halogens is 1. The number of benzene rings is 2. The molecule has 2 aromatic carbocycles. The molecule has 0 atom stereocenters. The van der Waals surface area contributed by atoms with Gasteiger partial charge in [0.15, 0.2) is 0 Å². The fourth-order valence-corrected chi connectivity index (χ4v) is 3.60. The molecule has 8 heteroatoms. The monoisotopic (exact) mass is 389 g/mol. The summed E-state index contributed by atoms with van der Waals surface area (Å²) in [5.74, 6) is -0.340. The smallest absolute Gasteiger partial charge is 0.285 e. The summed E-state index contributed by atoms with van der Waals surface area (Å²) in [6.07, 6.45) is 1.46. The summed E-state index contributed by atoms with van der Waals surface area (Å²) in [5.41, 5.74) is 1.56. The third kappa shape index (κ3) is 3.63. The second-order valence-electron chi connectivity index (χ2n) is 5.79. The topological polar surface area (TPSA) is 81.1 Å². The summed E-state index contributed by atoms with van der Waals surface area (Å²) < 4.78 is 28.4. The summed E-state index contributed by atoms with van der Waals surface area (Å²) in [5, 5.41) is 0.487. The molecule has 1 aromatic heterocycles. The van der Waals surface area contributed by atoms with E-state index < -0.39 is 15.9 Å². The van der Waals surface area contributed by atoms with Crippen LogP contribution in [0.4, 0.5) is 0 Å². The predicted molar refractivity (Wildman–Crippen MR) is 99.5 cm³/mol. The highest BCUT2D eigenvalue weighted by Gasteiger charge is 2.22. The van der Waals surface area contributed by atoms with Crippen molar-refractivity contribution in [3.63, 3.8) is 0 Å². The maximum atomic E-state index is 12.4. The summed E-state index contributed by atoms with van der Waals surface area (Å²) in [4.78, 5) is 16.6. The molecule has 0 spiro atoms. The fourth-order valence-electron chi connectivity index (χ4n) is 2.42. The number of hydrogen-bond donors (Lipinski definition) is 1. The van der Waals surface area contributed by atoms with E-state index >= 15 is 0 Å². The Kier molecular flexibility index (Phi) is 4.84. The Hall–Kier alpha value is -2.64. The molecular weight excluding hydrogens is 374 g/mol. The maximum Gasteiger partial charge on any atom is 0.285 e. The van der Waals surface area contributed by atoms with Crippen molar-refractivity contribution in [3.05, 3.63) is 71.0 Å². The molecule has 3 aromatic rings. The van der Waals surface area contributed by atoms with Gasteiger partial charge in [-0.25, -0.2) is 18.1 Å². The molecule has 3 rings (SSSR count). The van der Waals surface area contributed by atoms with Crippen LogP contribution in [-0.4, -0.2) is 23.9 Å². The number of amides is 1. The zero-order chi connectivity index (χ0) is 18.9. The lowest BCUT2D eigenvalue weighted by molar-refractivity contribution is 0.0977. The van der Waals surface area contributed by atoms with Crippen molar-refractivity contribution in [1.82, 2.24) is 14.3 Å². The Bertz CT molecular complexity index is 1070. The van der Waals surface area contributed by atoms with Crippen molar-refractivity contribution < 1.29 is 13.2 Å². The summed E-state index contributed by atoms with van der Waals surface area (Å²) in [6, 6.07) is 13.3. The molecular formula is C18H16ClN3O3S. The number of nitrogens with zero attached hydrogens (tertiary/aromatic N) is 2. The van der Waals surface area contributed by atoms with Gasteiger partial charge in [0.25, 0.3) is 15.9 Å². The number of sulfonamides is 1. The second kappa shape index (κ2) is 6.93. The Labute approximate surface area is 156 Å². The quantitative estimate of drug-likeness (QED) is 0.743. The van der Waals surface area contributed by atoms with Crippen LogP contribution in [0, 0.1) is 6.92 Å². The average molecular weight is 390 g/mol. The minimum atomic E-state index is -3.98. The van der Waals surface area contributed by atoms with Crippen molar-refractivity contribution in [2.24, 2.45) is 7.05 Å². The van der Waals surface area contributed by atoms with Gasteiger partial charge in [0.05, 0.1) is 9.92 Å². The highest BCUT2D eigenvalue weighted by atomic mass is 35.5. The first-order valence-corrected chi connectivity index (χ1v) is 9.56. The van der Waals surface area contributed by atoms with E-state index in [0.717, 1.165) is 5.56 Å². The molecule has 1 heterocycles. The lowest BCUT2D eigenvalue weighted by atomic mass is 10.2. The molecule has 1 N–H and O–H groups in total. The van der Waals surface area contributed by atoms with E-state index in [2.05, 4.69) is 4.98 Å². The van der Waals surface area contributed by atoms with E-state index in [4.69, 9.17) is 11.6 Å². The number of aromatic nitrogens is 2. The van der Waals surface area contributed by atoms with Gasteiger partial charge >= 0.3 is 0 Å². The van der Waals surface area contributed by atoms with Gasteiger partial charge in [-0.2, -0.15) is 0 Å². The average Bonchev–Trinajstić information content (AvgIpc) is 2.97. The number of carbonyl (C=O) groups is 1. The first-order valence-electron chi connectivity index (χ1n) is 7.70. The van der Waals surface area contributed by atoms with Crippen LogP contribution in [0.2, 0.25) is 5.02 Å². The van der Waals surface area contributed by atoms with Crippen LogP contribution in [0.1, 0.15) is 16.1 Å². The van der Waals surface area contributed by atoms with E-state index in [1.165, 1.54) is 18.3 Å². The molecule has 1 amide bonds. The zero-order valence-corrected chi connectivity index (χ0v) is 15.7. The first kappa shape index (κ1) is 18.2. The van der Waals surface area contributed by atoms with Crippen LogP contribution in [0.25, 0.3) is 11.4 Å². The van der Waals surface area contributed by atoms with Crippen molar-refractivity contribution in [2.45, 2.75) is 11.8 Å². The van der Waals surface area contributed by atoms with Gasteiger partial charge in [0.2, 0.25) is 0 Å². The molecule has 0 fully saturated rings. The number of aryl methyl sites for hydroxylation is 2. The summed E-state index contributed by atoms with van der Waals surface area (Å²) in [6.45, 7) is 1.85. The number of hydrogen-bond acceptors (Lipinski definition) is 4. The van der Waals surface area contributed by atoms with Crippen LogP contribution in [0.5, 0.6) is 0 Å². The lowest BCUT2D eigenvalue weighted by Crippen LogP contribution is -2.30. The van der Waals surface area contributed by atoms with Crippen LogP contribution in [-0.2, 0) is 17.1 Å². The highest BCUT2D eigenvalue weighted by Crippen LogP contribution is 2.26. The van der Waals surface area contributed by atoms with Gasteiger partial charge in [-0.15, -0.1) is 0 Å². The van der Waals surface area contributed by atoms with Gasteiger partial charge in [-0.05, 0) is 31.2 Å². The van der Waals surface area contributed by atoms with Gasteiger partial charge in [0.1, 0.15) is 11.5 Å². The van der Waals surface area contributed by atoms with E-state index in [0.29, 0.717) is 16.4 Å². The zero-order valence-electron chi connectivity index (χ0n) is 14.1. The third-order valence-electron chi connectivity index (χ3n) is 3.78. The number of carbonyl (C=O) groups excluding carboxylic acids is 1. The summed E-state index contributed by atoms with van der Waals surface area (Å²) in [7, 11) is -2.27. The molecule has 0 aliphatic rings. The molecule has 0 unspecified atom stereocenters. The van der Waals surface area contributed by atoms with Gasteiger partial charge in [-0.3, -0.25) is 4.79 Å². The predicted octanol–water partition coefficient (Wildman–Crippen LogP) is 3.17. The van der Waals surface area contributed by atoms with Crippen LogP contribution >= 0.6 is 11.6 Å². The third-order valence-corrected chi connectivity index (χ3v) is 5.46. The van der Waals surface area contributed by atoms with Crippen LogP contribution in [0.3, 0.4) is 0 Å². The van der Waals surface area contributed by atoms with Crippen LogP contribution < -0.4 is 4.72 Å². The van der Waals surface area contributed by atoms with Gasteiger partial charge < -0.3 is 4.57 Å². The second-order valence-corrected chi connectivity index (χ2v) is 7.88. The number of imidazole rings is 1. The molecule has 0 bridgehead atoms. The Balaban J connectivity index is 1.88. The molecule has 0 saturated carbocycles. The molecule has 134 valence electrons. The Morgan fingerprint density at radius 2 is 1.77 bits per heavy atom. The Morgan fingerprint density at radius 3 is 2.42 bits per heavy atom. The van der Waals surface area contributed by atoms with E-state index in [-0.39, 0.29) is 10.6 Å².